The minimum atomic E-state index is -0.615. The van der Waals surface area contributed by atoms with E-state index < -0.39 is 10.8 Å². The molecule has 0 radical (unpaired) electrons. The van der Waals surface area contributed by atoms with Crippen LogP contribution in [-0.2, 0) is 9.53 Å². The average Bonchev–Trinajstić information content (AvgIpc) is 2.67. The number of amides is 2. The highest BCUT2D eigenvalue weighted by Gasteiger charge is 2.39. The summed E-state index contributed by atoms with van der Waals surface area (Å²) in [5.41, 5.74) is -0.376. The third-order valence-electron chi connectivity index (χ3n) is 5.74. The van der Waals surface area contributed by atoms with Gasteiger partial charge in [0.1, 0.15) is 5.56 Å². The highest BCUT2D eigenvalue weighted by atomic mass is 35.5. The minimum absolute atomic E-state index is 0.000915. The summed E-state index contributed by atoms with van der Waals surface area (Å²) in [6.07, 6.45) is 4.33. The number of fused-ring (bicyclic) bond motifs is 1. The summed E-state index contributed by atoms with van der Waals surface area (Å²) in [6.45, 7) is 0.263. The maximum Gasteiger partial charge on any atom is 0.282 e. The third kappa shape index (κ3) is 4.62. The summed E-state index contributed by atoms with van der Waals surface area (Å²) in [7, 11) is 1.70. The second-order valence-electron chi connectivity index (χ2n) is 7.44. The molecule has 0 bridgehead atoms. The van der Waals surface area contributed by atoms with Gasteiger partial charge in [0.05, 0.1) is 11.0 Å². The van der Waals surface area contributed by atoms with E-state index in [0.29, 0.717) is 12.3 Å². The van der Waals surface area contributed by atoms with Crippen LogP contribution in [0.15, 0.2) is 18.2 Å². The Balaban J connectivity index is 1.54. The molecule has 2 N–H and O–H groups in total. The van der Waals surface area contributed by atoms with Gasteiger partial charge in [-0.2, -0.15) is 0 Å². The molecule has 4 atom stereocenters. The summed E-state index contributed by atoms with van der Waals surface area (Å²) in [5.74, 6) is -0.307. The molecule has 0 aromatic heterocycles. The van der Waals surface area contributed by atoms with Crippen LogP contribution in [0, 0.1) is 22.0 Å². The lowest BCUT2D eigenvalue weighted by molar-refractivity contribution is -0.385. The topological polar surface area (TPSA) is 111 Å². The fourth-order valence-electron chi connectivity index (χ4n) is 4.19. The number of nitrogens with one attached hydrogen (secondary N) is 2. The molecule has 9 heteroatoms. The molecular weight excluding hydrogens is 386 g/mol. The van der Waals surface area contributed by atoms with Crippen molar-refractivity contribution in [2.24, 2.45) is 11.8 Å². The smallest absolute Gasteiger partial charge is 0.282 e. The summed E-state index contributed by atoms with van der Waals surface area (Å²) in [5, 5.41) is 17.1. The molecule has 1 aliphatic heterocycles. The van der Waals surface area contributed by atoms with Gasteiger partial charge in [0.15, 0.2) is 0 Å². The Morgan fingerprint density at radius 3 is 2.89 bits per heavy atom. The number of carbonyl (C=O) groups is 2. The van der Waals surface area contributed by atoms with E-state index >= 15 is 0 Å². The van der Waals surface area contributed by atoms with E-state index in [1.54, 1.807) is 7.11 Å². The van der Waals surface area contributed by atoms with E-state index in [-0.39, 0.29) is 46.8 Å². The molecule has 8 nitrogen and oxygen atoms in total. The minimum Gasteiger partial charge on any atom is -0.381 e. The Morgan fingerprint density at radius 1 is 1.39 bits per heavy atom. The van der Waals surface area contributed by atoms with Crippen LogP contribution < -0.4 is 10.6 Å². The molecule has 0 spiro atoms. The van der Waals surface area contributed by atoms with Crippen molar-refractivity contribution in [3.63, 3.8) is 0 Å². The predicted molar refractivity (Wildman–Crippen MR) is 103 cm³/mol. The maximum absolute atomic E-state index is 12.4. The first kappa shape index (κ1) is 20.5. The van der Waals surface area contributed by atoms with E-state index in [1.165, 1.54) is 18.2 Å². The Morgan fingerprint density at radius 2 is 2.18 bits per heavy atom. The second kappa shape index (κ2) is 8.87. The van der Waals surface area contributed by atoms with Crippen molar-refractivity contribution in [2.45, 2.75) is 44.2 Å². The number of nitro benzene ring substituents is 1. The molecule has 1 saturated carbocycles. The van der Waals surface area contributed by atoms with E-state index in [2.05, 4.69) is 10.6 Å². The number of methoxy groups -OCH3 is 1. The summed E-state index contributed by atoms with van der Waals surface area (Å²) >= 11 is 5.86. The summed E-state index contributed by atoms with van der Waals surface area (Å²) in [4.78, 5) is 35.2. The molecule has 1 aliphatic carbocycles. The Bertz CT molecular complexity index is 772. The van der Waals surface area contributed by atoms with Gasteiger partial charge in [0.25, 0.3) is 11.6 Å². The normalized spacial score (nSPS) is 26.9. The zero-order chi connectivity index (χ0) is 20.3. The average molecular weight is 410 g/mol. The lowest BCUT2D eigenvalue weighted by atomic mass is 9.74. The second-order valence-corrected chi connectivity index (χ2v) is 7.88. The molecule has 1 aromatic rings. The van der Waals surface area contributed by atoms with Crippen LogP contribution in [0.5, 0.6) is 0 Å². The number of piperidine rings is 1. The first-order valence-corrected chi connectivity index (χ1v) is 9.82. The molecule has 2 fully saturated rings. The van der Waals surface area contributed by atoms with Gasteiger partial charge in [0, 0.05) is 36.7 Å². The molecule has 1 aromatic carbocycles. The zero-order valence-electron chi connectivity index (χ0n) is 15.7. The number of benzene rings is 1. The van der Waals surface area contributed by atoms with Crippen molar-refractivity contribution in [3.05, 3.63) is 38.9 Å². The predicted octanol–water partition coefficient (Wildman–Crippen LogP) is 2.69. The first-order chi connectivity index (χ1) is 13.4. The number of ether oxygens (including phenoxy) is 1. The maximum atomic E-state index is 12.4. The number of nitro groups is 1. The molecule has 28 heavy (non-hydrogen) atoms. The molecule has 1 saturated heterocycles. The van der Waals surface area contributed by atoms with Gasteiger partial charge in [-0.05, 0) is 50.2 Å². The summed E-state index contributed by atoms with van der Waals surface area (Å²) in [6, 6.07) is 4.02. The van der Waals surface area contributed by atoms with Gasteiger partial charge in [0.2, 0.25) is 5.91 Å². The van der Waals surface area contributed by atoms with Crippen molar-refractivity contribution in [1.82, 2.24) is 10.6 Å². The number of carbonyl (C=O) groups excluding carboxylic acids is 2. The van der Waals surface area contributed by atoms with E-state index in [1.807, 2.05) is 0 Å². The Labute approximate surface area is 168 Å². The van der Waals surface area contributed by atoms with Gasteiger partial charge in [-0.15, -0.1) is 0 Å². The largest absolute Gasteiger partial charge is 0.381 e. The van der Waals surface area contributed by atoms with Crippen molar-refractivity contribution in [2.75, 3.05) is 13.7 Å². The van der Waals surface area contributed by atoms with Crippen LogP contribution in [0.1, 0.15) is 42.5 Å². The SMILES string of the molecule is COC1CCC2CC(CCNC(=O)c3cc(Cl)ccc3[N+](=O)[O-])C(=O)NC2C1. The molecule has 3 rings (SSSR count). The van der Waals surface area contributed by atoms with Gasteiger partial charge in [-0.25, -0.2) is 0 Å². The monoisotopic (exact) mass is 409 g/mol. The molecule has 152 valence electrons. The fraction of sp³-hybridized carbons (Fsp3) is 0.579. The number of hydrogen-bond donors (Lipinski definition) is 2. The quantitative estimate of drug-likeness (QED) is 0.554. The van der Waals surface area contributed by atoms with Crippen molar-refractivity contribution >= 4 is 29.1 Å². The van der Waals surface area contributed by atoms with Gasteiger partial charge in [-0.1, -0.05) is 11.6 Å². The number of nitrogens with zero attached hydrogens (tertiary/aromatic N) is 1. The molecule has 4 unspecified atom stereocenters. The van der Waals surface area contributed by atoms with E-state index in [0.717, 1.165) is 25.7 Å². The molecular formula is C19H24ClN3O5. The van der Waals surface area contributed by atoms with Crippen LogP contribution in [0.25, 0.3) is 0 Å². The Kier molecular flexibility index (Phi) is 6.51. The van der Waals surface area contributed by atoms with Crippen molar-refractivity contribution in [1.29, 1.82) is 0 Å². The van der Waals surface area contributed by atoms with Crippen LogP contribution in [0.2, 0.25) is 5.02 Å². The Hall–Kier alpha value is -2.19. The number of hydrogen-bond acceptors (Lipinski definition) is 5. The van der Waals surface area contributed by atoms with E-state index in [4.69, 9.17) is 16.3 Å². The van der Waals surface area contributed by atoms with Crippen molar-refractivity contribution < 1.29 is 19.2 Å². The van der Waals surface area contributed by atoms with E-state index in [9.17, 15) is 19.7 Å². The van der Waals surface area contributed by atoms with Gasteiger partial charge < -0.3 is 15.4 Å². The number of halogens is 1. The highest BCUT2D eigenvalue weighted by molar-refractivity contribution is 6.31. The molecule has 2 aliphatic rings. The third-order valence-corrected chi connectivity index (χ3v) is 5.98. The molecule has 1 heterocycles. The van der Waals surface area contributed by atoms with Crippen LogP contribution in [0.4, 0.5) is 5.69 Å². The zero-order valence-corrected chi connectivity index (χ0v) is 16.4. The van der Waals surface area contributed by atoms with Crippen LogP contribution in [0.3, 0.4) is 0 Å². The van der Waals surface area contributed by atoms with Crippen LogP contribution >= 0.6 is 11.6 Å². The lowest BCUT2D eigenvalue weighted by Crippen LogP contribution is -2.53. The highest BCUT2D eigenvalue weighted by Crippen LogP contribution is 2.35. The fourth-order valence-corrected chi connectivity index (χ4v) is 4.37. The molecule has 2 amide bonds. The summed E-state index contributed by atoms with van der Waals surface area (Å²) < 4.78 is 5.41. The standard InChI is InChI=1S/C19H24ClN3O5/c1-28-14-4-2-11-8-12(18(24)22-16(11)10-14)6-7-21-19(25)15-9-13(20)3-5-17(15)23(26)27/h3,5,9,11-12,14,16H,2,4,6-8,10H2,1H3,(H,21,25)(H,22,24). The van der Waals surface area contributed by atoms with Gasteiger partial charge in [-0.3, -0.25) is 19.7 Å². The first-order valence-electron chi connectivity index (χ1n) is 9.44. The van der Waals surface area contributed by atoms with Gasteiger partial charge >= 0.3 is 0 Å². The lowest BCUT2D eigenvalue weighted by Gasteiger charge is -2.41. The number of rotatable bonds is 6. The van der Waals surface area contributed by atoms with Crippen LogP contribution in [-0.4, -0.2) is 42.5 Å². The van der Waals surface area contributed by atoms with Crippen molar-refractivity contribution in [3.8, 4) is 0 Å².